The third-order valence-corrected chi connectivity index (χ3v) is 8.72. The Kier molecular flexibility index (Phi) is 7.31. The Hall–Kier alpha value is -3.37. The molecule has 2 N–H and O–H groups in total. The van der Waals surface area contributed by atoms with Crippen LogP contribution in [0.1, 0.15) is 84.6 Å². The zero-order valence-electron chi connectivity index (χ0n) is 22.8. The van der Waals surface area contributed by atoms with Crippen LogP contribution in [0.5, 0.6) is 0 Å². The van der Waals surface area contributed by atoms with Crippen molar-refractivity contribution in [3.8, 4) is 0 Å². The number of ether oxygens (including phenoxy) is 1. The summed E-state index contributed by atoms with van der Waals surface area (Å²) in [6.07, 6.45) is 8.85. The lowest BCUT2D eigenvalue weighted by molar-refractivity contribution is 0.0525. The van der Waals surface area contributed by atoms with Crippen molar-refractivity contribution in [1.82, 2.24) is 29.6 Å². The third kappa shape index (κ3) is 5.15. The monoisotopic (exact) mass is 530 g/mol. The van der Waals surface area contributed by atoms with Gasteiger partial charge in [0.25, 0.3) is 0 Å². The molecule has 10 nitrogen and oxygen atoms in total. The summed E-state index contributed by atoms with van der Waals surface area (Å²) in [4.78, 5) is 25.5. The van der Waals surface area contributed by atoms with Gasteiger partial charge in [0.2, 0.25) is 5.95 Å². The smallest absolute Gasteiger partial charge is 0.341 e. The van der Waals surface area contributed by atoms with Crippen LogP contribution in [0.2, 0.25) is 0 Å². The van der Waals surface area contributed by atoms with E-state index in [0.717, 1.165) is 50.5 Å². The van der Waals surface area contributed by atoms with Crippen LogP contribution in [-0.4, -0.2) is 73.9 Å². The second-order valence-corrected chi connectivity index (χ2v) is 11.1. The largest absolute Gasteiger partial charge is 0.462 e. The highest BCUT2D eigenvalue weighted by atomic mass is 16.5. The third-order valence-electron chi connectivity index (χ3n) is 8.72. The maximum absolute atomic E-state index is 11.9. The number of nitrogens with two attached hydrogens (primary N) is 1. The van der Waals surface area contributed by atoms with E-state index in [2.05, 4.69) is 65.7 Å². The van der Waals surface area contributed by atoms with Gasteiger partial charge >= 0.3 is 5.97 Å². The molecule has 0 radical (unpaired) electrons. The van der Waals surface area contributed by atoms with Gasteiger partial charge in [0.1, 0.15) is 11.6 Å². The molecule has 2 unspecified atom stereocenters. The molecule has 39 heavy (non-hydrogen) atoms. The van der Waals surface area contributed by atoms with Gasteiger partial charge in [0.15, 0.2) is 0 Å². The average molecular weight is 531 g/mol. The molecule has 0 saturated carbocycles. The molecule has 206 valence electrons. The Labute approximate surface area is 229 Å². The molecule has 6 rings (SSSR count). The average Bonchev–Trinajstić information content (AvgIpc) is 3.42. The summed E-state index contributed by atoms with van der Waals surface area (Å²) < 4.78 is 7.45. The Bertz CT molecular complexity index is 1260. The summed E-state index contributed by atoms with van der Waals surface area (Å²) in [5.41, 5.74) is 8.12. The van der Waals surface area contributed by atoms with Crippen molar-refractivity contribution >= 4 is 11.9 Å². The first-order valence-electron chi connectivity index (χ1n) is 14.2. The first kappa shape index (κ1) is 25.9. The number of anilines is 1. The zero-order chi connectivity index (χ0) is 26.9. The molecular formula is C29H38N8O2. The van der Waals surface area contributed by atoms with Gasteiger partial charge in [-0.25, -0.2) is 14.8 Å². The van der Waals surface area contributed by atoms with E-state index in [-0.39, 0.29) is 6.04 Å². The van der Waals surface area contributed by atoms with E-state index in [1.165, 1.54) is 30.8 Å². The normalized spacial score (nSPS) is 24.0. The SMILES string of the molecule is CCOC(=O)c1cnc(N2CC(c3nnc(C)n3C3CC4CCC(C3)N4CC[C@H](N)c3ccccc3)C2)nc1. The summed E-state index contributed by atoms with van der Waals surface area (Å²) in [6.45, 7) is 6.83. The molecule has 10 heteroatoms. The molecule has 3 atom stereocenters. The van der Waals surface area contributed by atoms with Crippen molar-refractivity contribution in [2.75, 3.05) is 31.1 Å². The number of benzene rings is 1. The van der Waals surface area contributed by atoms with Crippen LogP contribution in [0.15, 0.2) is 42.7 Å². The van der Waals surface area contributed by atoms with Crippen molar-refractivity contribution < 1.29 is 9.53 Å². The summed E-state index contributed by atoms with van der Waals surface area (Å²) in [6, 6.07) is 12.2. The molecule has 2 bridgehead atoms. The quantitative estimate of drug-likeness (QED) is 0.416. The highest BCUT2D eigenvalue weighted by molar-refractivity contribution is 5.88. The molecule has 3 aliphatic rings. The maximum Gasteiger partial charge on any atom is 0.341 e. The molecule has 0 spiro atoms. The molecule has 0 amide bonds. The first-order valence-corrected chi connectivity index (χ1v) is 14.2. The molecule has 0 aliphatic carbocycles. The minimum absolute atomic E-state index is 0.0851. The summed E-state index contributed by atoms with van der Waals surface area (Å²) >= 11 is 0. The molecule has 3 aliphatic heterocycles. The highest BCUT2D eigenvalue weighted by Gasteiger charge is 2.43. The van der Waals surface area contributed by atoms with Crippen LogP contribution in [0, 0.1) is 6.92 Å². The number of carbonyl (C=O) groups is 1. The van der Waals surface area contributed by atoms with Gasteiger partial charge in [-0.2, -0.15) is 0 Å². The van der Waals surface area contributed by atoms with E-state index in [4.69, 9.17) is 10.5 Å². The number of hydrogen-bond acceptors (Lipinski definition) is 9. The standard InChI is InChI=1S/C29H38N8O2/c1-3-39-28(38)21-15-31-29(32-16-21)35-17-22(18-35)27-34-33-19(2)37(27)25-13-23-9-10-24(14-25)36(23)12-11-26(30)20-7-5-4-6-8-20/h4-8,15-16,22-26H,3,9-14,17-18,30H2,1-2H3/t23?,24?,25?,26-/m0/s1. The number of carbonyl (C=O) groups excluding carboxylic acids is 1. The molecule has 3 saturated heterocycles. The van der Waals surface area contributed by atoms with Gasteiger partial charge < -0.3 is 19.9 Å². The van der Waals surface area contributed by atoms with Crippen molar-refractivity contribution in [3.05, 3.63) is 65.5 Å². The van der Waals surface area contributed by atoms with Gasteiger partial charge in [-0.3, -0.25) is 4.90 Å². The van der Waals surface area contributed by atoms with Crippen molar-refractivity contribution in [1.29, 1.82) is 0 Å². The molecule has 3 fully saturated rings. The minimum atomic E-state index is -0.395. The van der Waals surface area contributed by atoms with E-state index in [1.54, 1.807) is 6.92 Å². The number of rotatable bonds is 9. The van der Waals surface area contributed by atoms with Crippen LogP contribution in [0.4, 0.5) is 5.95 Å². The van der Waals surface area contributed by atoms with Crippen LogP contribution in [0.25, 0.3) is 0 Å². The Morgan fingerprint density at radius 3 is 2.41 bits per heavy atom. The van der Waals surface area contributed by atoms with E-state index in [0.29, 0.717) is 42.2 Å². The number of nitrogens with zero attached hydrogens (tertiary/aromatic N) is 7. The van der Waals surface area contributed by atoms with Gasteiger partial charge in [-0.1, -0.05) is 30.3 Å². The second-order valence-electron chi connectivity index (χ2n) is 11.1. The highest BCUT2D eigenvalue weighted by Crippen LogP contribution is 2.43. The van der Waals surface area contributed by atoms with Gasteiger partial charge in [-0.15, -0.1) is 10.2 Å². The van der Waals surface area contributed by atoms with Gasteiger partial charge in [0.05, 0.1) is 18.1 Å². The van der Waals surface area contributed by atoms with Gasteiger partial charge in [-0.05, 0) is 51.5 Å². The van der Waals surface area contributed by atoms with E-state index in [1.807, 2.05) is 6.07 Å². The molecule has 3 aromatic rings. The molecule has 5 heterocycles. The van der Waals surface area contributed by atoms with E-state index >= 15 is 0 Å². The van der Waals surface area contributed by atoms with Crippen molar-refractivity contribution in [3.63, 3.8) is 0 Å². The Morgan fingerprint density at radius 2 is 1.74 bits per heavy atom. The van der Waals surface area contributed by atoms with Crippen LogP contribution < -0.4 is 10.6 Å². The lowest BCUT2D eigenvalue weighted by Crippen LogP contribution is -2.48. The Balaban J connectivity index is 1.07. The lowest BCUT2D eigenvalue weighted by Gasteiger charge is -2.42. The zero-order valence-corrected chi connectivity index (χ0v) is 22.8. The van der Waals surface area contributed by atoms with Crippen LogP contribution >= 0.6 is 0 Å². The number of esters is 1. The number of aromatic nitrogens is 5. The lowest BCUT2D eigenvalue weighted by atomic mass is 9.93. The number of aryl methyl sites for hydroxylation is 1. The summed E-state index contributed by atoms with van der Waals surface area (Å²) in [5, 5.41) is 9.14. The van der Waals surface area contributed by atoms with Crippen molar-refractivity contribution in [2.45, 2.75) is 76.0 Å². The predicted octanol–water partition coefficient (Wildman–Crippen LogP) is 3.42. The topological polar surface area (TPSA) is 115 Å². The summed E-state index contributed by atoms with van der Waals surface area (Å²) in [7, 11) is 0. The first-order chi connectivity index (χ1) is 19.0. The maximum atomic E-state index is 11.9. The second kappa shape index (κ2) is 11.0. The number of piperidine rings is 1. The fraction of sp³-hybridized carbons (Fsp3) is 0.552. The minimum Gasteiger partial charge on any atom is -0.462 e. The molecular weight excluding hydrogens is 492 g/mol. The van der Waals surface area contributed by atoms with Crippen molar-refractivity contribution in [2.24, 2.45) is 5.73 Å². The Morgan fingerprint density at radius 1 is 1.05 bits per heavy atom. The predicted molar refractivity (Wildman–Crippen MR) is 147 cm³/mol. The summed E-state index contributed by atoms with van der Waals surface area (Å²) in [5.74, 6) is 2.60. The molecule has 1 aromatic carbocycles. The van der Waals surface area contributed by atoms with Crippen LogP contribution in [0.3, 0.4) is 0 Å². The van der Waals surface area contributed by atoms with Gasteiger partial charge in [0, 0.05) is 56.2 Å². The van der Waals surface area contributed by atoms with E-state index in [9.17, 15) is 4.79 Å². The van der Waals surface area contributed by atoms with E-state index < -0.39 is 5.97 Å². The van der Waals surface area contributed by atoms with Crippen LogP contribution in [-0.2, 0) is 4.74 Å². The molecule has 2 aromatic heterocycles. The number of fused-ring (bicyclic) bond motifs is 2. The fourth-order valence-corrected chi connectivity index (χ4v) is 6.70. The number of hydrogen-bond donors (Lipinski definition) is 1. The fourth-order valence-electron chi connectivity index (χ4n) is 6.70.